The third-order valence-electron chi connectivity index (χ3n) is 5.42. The number of ether oxygens (including phenoxy) is 2. The first kappa shape index (κ1) is 10.1. The molecule has 3 aliphatic carbocycles. The maximum Gasteiger partial charge on any atom is 0.333 e. The van der Waals surface area contributed by atoms with Crippen LogP contribution in [-0.4, -0.2) is 23.8 Å². The Morgan fingerprint density at radius 1 is 1.35 bits per heavy atom. The van der Waals surface area contributed by atoms with Crippen LogP contribution >= 0.6 is 0 Å². The van der Waals surface area contributed by atoms with Crippen LogP contribution in [0.5, 0.6) is 0 Å². The average molecular weight is 234 g/mol. The zero-order valence-corrected chi connectivity index (χ0v) is 10.1. The summed E-state index contributed by atoms with van der Waals surface area (Å²) < 4.78 is 11.6. The van der Waals surface area contributed by atoms with Crippen LogP contribution in [0, 0.1) is 17.8 Å². The maximum atomic E-state index is 11.6. The van der Waals surface area contributed by atoms with E-state index in [4.69, 9.17) is 9.47 Å². The highest BCUT2D eigenvalue weighted by molar-refractivity contribution is 5.87. The minimum atomic E-state index is -0.232. The van der Waals surface area contributed by atoms with Gasteiger partial charge in [0, 0.05) is 17.9 Å². The molecule has 1 spiro atoms. The molecule has 5 rings (SSSR count). The lowest BCUT2D eigenvalue weighted by Crippen LogP contribution is -2.53. The van der Waals surface area contributed by atoms with E-state index in [1.165, 1.54) is 19.3 Å². The molecule has 0 aromatic carbocycles. The van der Waals surface area contributed by atoms with E-state index >= 15 is 0 Å². The van der Waals surface area contributed by atoms with Crippen molar-refractivity contribution in [2.45, 2.75) is 50.4 Å². The molecule has 2 aliphatic heterocycles. The summed E-state index contributed by atoms with van der Waals surface area (Å²) in [6, 6.07) is 0. The molecule has 92 valence electrons. The number of fused-ring (bicyclic) bond motifs is 2. The topological polar surface area (TPSA) is 35.5 Å². The molecule has 3 nitrogen and oxygen atoms in total. The van der Waals surface area contributed by atoms with Gasteiger partial charge < -0.3 is 9.47 Å². The number of esters is 1. The van der Waals surface area contributed by atoms with Gasteiger partial charge in [-0.3, -0.25) is 0 Å². The van der Waals surface area contributed by atoms with Crippen LogP contribution in [0.4, 0.5) is 0 Å². The summed E-state index contributed by atoms with van der Waals surface area (Å²) in [4.78, 5) is 11.6. The van der Waals surface area contributed by atoms with Crippen LogP contribution in [0.1, 0.15) is 32.6 Å². The van der Waals surface area contributed by atoms with Crippen molar-refractivity contribution in [3.05, 3.63) is 12.2 Å². The molecule has 5 aliphatic rings. The van der Waals surface area contributed by atoms with Gasteiger partial charge in [-0.15, -0.1) is 0 Å². The summed E-state index contributed by atoms with van der Waals surface area (Å²) in [5.41, 5.74) is 0.605. The first-order valence-electron chi connectivity index (χ1n) is 6.64. The summed E-state index contributed by atoms with van der Waals surface area (Å²) in [6.45, 7) is 5.36. The second-order valence-corrected chi connectivity index (χ2v) is 6.30. The SMILES string of the molecule is C=C(C)C(=O)OC1CC2CC1C13CC(CC21)O3. The minimum Gasteiger partial charge on any atom is -0.459 e. The number of carbonyl (C=O) groups excluding carboxylic acids is 1. The molecule has 0 N–H and O–H groups in total. The van der Waals surface area contributed by atoms with E-state index < -0.39 is 0 Å². The van der Waals surface area contributed by atoms with Crippen LogP contribution in [0.25, 0.3) is 0 Å². The molecular weight excluding hydrogens is 216 g/mol. The van der Waals surface area contributed by atoms with Gasteiger partial charge in [-0.2, -0.15) is 0 Å². The van der Waals surface area contributed by atoms with Crippen molar-refractivity contribution < 1.29 is 14.3 Å². The third-order valence-corrected chi connectivity index (χ3v) is 5.42. The number of hydrogen-bond acceptors (Lipinski definition) is 3. The van der Waals surface area contributed by atoms with Crippen molar-refractivity contribution in [2.24, 2.45) is 17.8 Å². The van der Waals surface area contributed by atoms with Crippen molar-refractivity contribution in [1.29, 1.82) is 0 Å². The quantitative estimate of drug-likeness (QED) is 0.542. The number of rotatable bonds is 2. The Morgan fingerprint density at radius 3 is 2.82 bits per heavy atom. The van der Waals surface area contributed by atoms with Crippen molar-refractivity contribution in [2.75, 3.05) is 0 Å². The van der Waals surface area contributed by atoms with Gasteiger partial charge in [0.15, 0.2) is 0 Å². The largest absolute Gasteiger partial charge is 0.459 e. The van der Waals surface area contributed by atoms with E-state index in [1.807, 2.05) is 0 Å². The molecule has 0 radical (unpaired) electrons. The average Bonchev–Trinajstić information content (AvgIpc) is 2.87. The fraction of sp³-hybridized carbons (Fsp3) is 0.786. The lowest BCUT2D eigenvalue weighted by molar-refractivity contribution is -0.211. The predicted molar refractivity (Wildman–Crippen MR) is 61.2 cm³/mol. The van der Waals surface area contributed by atoms with Gasteiger partial charge in [-0.1, -0.05) is 6.58 Å². The Morgan fingerprint density at radius 2 is 2.12 bits per heavy atom. The Kier molecular flexibility index (Phi) is 1.75. The molecule has 2 heterocycles. The van der Waals surface area contributed by atoms with Crippen LogP contribution in [-0.2, 0) is 14.3 Å². The van der Waals surface area contributed by atoms with Gasteiger partial charge in [0.05, 0.1) is 11.7 Å². The van der Waals surface area contributed by atoms with Crippen LogP contribution in [0.3, 0.4) is 0 Å². The zero-order valence-electron chi connectivity index (χ0n) is 10.1. The molecule has 3 saturated carbocycles. The predicted octanol–water partition coefficient (Wildman–Crippen LogP) is 2.06. The molecule has 2 saturated heterocycles. The fourth-order valence-corrected chi connectivity index (χ4v) is 4.86. The van der Waals surface area contributed by atoms with Crippen molar-refractivity contribution in [1.82, 2.24) is 0 Å². The Bertz CT molecular complexity index is 408. The van der Waals surface area contributed by atoms with Gasteiger partial charge in [0.25, 0.3) is 0 Å². The van der Waals surface area contributed by atoms with E-state index in [2.05, 4.69) is 6.58 Å². The van der Waals surface area contributed by atoms with E-state index in [0.29, 0.717) is 17.6 Å². The number of carbonyl (C=O) groups is 1. The van der Waals surface area contributed by atoms with E-state index in [9.17, 15) is 4.79 Å². The molecule has 0 aromatic rings. The van der Waals surface area contributed by atoms with E-state index in [-0.39, 0.29) is 17.7 Å². The normalized spacial score (nSPS) is 53.1. The molecule has 0 aromatic heterocycles. The fourth-order valence-electron chi connectivity index (χ4n) is 4.86. The summed E-state index contributed by atoms with van der Waals surface area (Å²) in [7, 11) is 0. The first-order valence-corrected chi connectivity index (χ1v) is 6.64. The van der Waals surface area contributed by atoms with Crippen LogP contribution in [0.2, 0.25) is 0 Å². The summed E-state index contributed by atoms with van der Waals surface area (Å²) in [5, 5.41) is 0. The van der Waals surface area contributed by atoms with Gasteiger partial charge in [-0.25, -0.2) is 4.79 Å². The Balaban J connectivity index is 1.54. The Hall–Kier alpha value is -0.830. The third kappa shape index (κ3) is 1.09. The van der Waals surface area contributed by atoms with E-state index in [0.717, 1.165) is 18.3 Å². The number of hydrogen-bond donors (Lipinski definition) is 0. The van der Waals surface area contributed by atoms with Gasteiger partial charge >= 0.3 is 5.97 Å². The molecule has 3 heteroatoms. The van der Waals surface area contributed by atoms with Crippen LogP contribution in [0.15, 0.2) is 12.2 Å². The molecular formula is C14H18O3. The summed E-state index contributed by atoms with van der Waals surface area (Å²) >= 11 is 0. The maximum absolute atomic E-state index is 11.6. The molecule has 4 bridgehead atoms. The lowest BCUT2D eigenvalue weighted by atomic mass is 9.75. The highest BCUT2D eigenvalue weighted by Crippen LogP contribution is 2.69. The summed E-state index contributed by atoms with van der Waals surface area (Å²) in [6.07, 6.45) is 5.31. The standard InChI is InChI=1S/C14H18O3/c1-7(2)13(15)16-12-4-8-3-11(12)14-6-9(17-14)5-10(8)14/h8-12H,1,3-6H2,2H3. The lowest BCUT2D eigenvalue weighted by Gasteiger charge is -2.47. The highest BCUT2D eigenvalue weighted by atomic mass is 16.6. The second kappa shape index (κ2) is 2.94. The first-order chi connectivity index (χ1) is 8.10. The monoisotopic (exact) mass is 234 g/mol. The van der Waals surface area contributed by atoms with Gasteiger partial charge in [0.2, 0.25) is 0 Å². The Labute approximate surface area is 101 Å². The zero-order chi connectivity index (χ0) is 11.8. The molecule has 17 heavy (non-hydrogen) atoms. The van der Waals surface area contributed by atoms with Crippen molar-refractivity contribution >= 4 is 5.97 Å². The van der Waals surface area contributed by atoms with Crippen molar-refractivity contribution in [3.63, 3.8) is 0 Å². The smallest absolute Gasteiger partial charge is 0.333 e. The molecule has 6 atom stereocenters. The second-order valence-electron chi connectivity index (χ2n) is 6.30. The molecule has 6 unspecified atom stereocenters. The molecule has 5 fully saturated rings. The molecule has 0 amide bonds. The highest BCUT2D eigenvalue weighted by Gasteiger charge is 2.73. The minimum absolute atomic E-state index is 0.0829. The van der Waals surface area contributed by atoms with Gasteiger partial charge in [-0.05, 0) is 38.0 Å². The van der Waals surface area contributed by atoms with Gasteiger partial charge in [0.1, 0.15) is 6.10 Å². The summed E-state index contributed by atoms with van der Waals surface area (Å²) in [5.74, 6) is 1.72. The van der Waals surface area contributed by atoms with E-state index in [1.54, 1.807) is 6.92 Å². The van der Waals surface area contributed by atoms with Crippen LogP contribution < -0.4 is 0 Å². The van der Waals surface area contributed by atoms with Crippen molar-refractivity contribution in [3.8, 4) is 0 Å².